The number of nitro groups is 1. The maximum absolute atomic E-state index is 13.3. The average molecular weight is 267 g/mol. The Hall–Kier alpha value is -2.64. The van der Waals surface area contributed by atoms with Crippen LogP contribution in [0.1, 0.15) is 10.4 Å². The van der Waals surface area contributed by atoms with Gasteiger partial charge in [0.05, 0.1) is 22.9 Å². The molecule has 98 valence electrons. The highest BCUT2D eigenvalue weighted by Crippen LogP contribution is 2.14. The van der Waals surface area contributed by atoms with Gasteiger partial charge in [-0.15, -0.1) is 0 Å². The maximum atomic E-state index is 13.3. The molecule has 0 atom stereocenters. The summed E-state index contributed by atoms with van der Waals surface area (Å²) in [5.41, 5.74) is -0.680. The Balaban J connectivity index is 2.23. The molecule has 0 saturated heterocycles. The highest BCUT2D eigenvalue weighted by atomic mass is 19.1. The maximum Gasteiger partial charge on any atom is 0.389 e. The summed E-state index contributed by atoms with van der Waals surface area (Å²) in [5.74, 6) is -3.26. The smallest absolute Gasteiger partial charge is 0.358 e. The van der Waals surface area contributed by atoms with Gasteiger partial charge >= 0.3 is 5.82 Å². The minimum absolute atomic E-state index is 0.443. The fraction of sp³-hybridized carbons (Fsp3) is 0.0909. The van der Waals surface area contributed by atoms with Gasteiger partial charge in [-0.25, -0.2) is 8.78 Å². The number of hydrogen-bond donors (Lipinski definition) is 0. The van der Waals surface area contributed by atoms with E-state index in [0.29, 0.717) is 0 Å². The van der Waals surface area contributed by atoms with Gasteiger partial charge in [0.25, 0.3) is 0 Å². The van der Waals surface area contributed by atoms with E-state index in [4.69, 9.17) is 0 Å². The van der Waals surface area contributed by atoms with Crippen LogP contribution in [0.15, 0.2) is 30.5 Å². The van der Waals surface area contributed by atoms with Gasteiger partial charge in [-0.05, 0) is 17.1 Å². The second kappa shape index (κ2) is 4.92. The first-order valence-corrected chi connectivity index (χ1v) is 5.14. The van der Waals surface area contributed by atoms with Gasteiger partial charge in [0.1, 0.15) is 18.2 Å². The molecule has 0 radical (unpaired) electrons. The minimum atomic E-state index is -0.980. The molecule has 1 heterocycles. The van der Waals surface area contributed by atoms with Crippen LogP contribution < -0.4 is 0 Å². The summed E-state index contributed by atoms with van der Waals surface area (Å²) < 4.78 is 27.6. The van der Waals surface area contributed by atoms with Crippen LogP contribution >= 0.6 is 0 Å². The molecule has 6 nitrogen and oxygen atoms in total. The lowest BCUT2D eigenvalue weighted by molar-refractivity contribution is -0.389. The molecular formula is C11H7F2N3O3. The normalized spacial score (nSPS) is 10.4. The first-order valence-electron chi connectivity index (χ1n) is 5.14. The summed E-state index contributed by atoms with van der Waals surface area (Å²) in [6.45, 7) is -0.480. The average Bonchev–Trinajstić information content (AvgIpc) is 2.77. The summed E-state index contributed by atoms with van der Waals surface area (Å²) in [6, 6.07) is 4.15. The number of rotatable bonds is 4. The number of hydrogen-bond acceptors (Lipinski definition) is 4. The molecule has 0 unspecified atom stereocenters. The first kappa shape index (κ1) is 12.8. The molecular weight excluding hydrogens is 260 g/mol. The lowest BCUT2D eigenvalue weighted by atomic mass is 10.1. The molecule has 0 bridgehead atoms. The van der Waals surface area contributed by atoms with Crippen molar-refractivity contribution in [1.29, 1.82) is 0 Å². The molecule has 0 N–H and O–H groups in total. The van der Waals surface area contributed by atoms with Crippen molar-refractivity contribution in [2.24, 2.45) is 0 Å². The largest absolute Gasteiger partial charge is 0.389 e. The zero-order chi connectivity index (χ0) is 14.0. The van der Waals surface area contributed by atoms with Gasteiger partial charge in [0.2, 0.25) is 0 Å². The predicted octanol–water partition coefficient (Wildman–Crippen LogP) is 1.95. The van der Waals surface area contributed by atoms with Crippen LogP contribution in [0.3, 0.4) is 0 Å². The number of ketones is 1. The zero-order valence-electron chi connectivity index (χ0n) is 9.42. The summed E-state index contributed by atoms with van der Waals surface area (Å²) in [7, 11) is 0. The van der Waals surface area contributed by atoms with Crippen LogP contribution in [-0.4, -0.2) is 20.5 Å². The van der Waals surface area contributed by atoms with E-state index in [1.165, 1.54) is 6.20 Å². The molecule has 0 fully saturated rings. The Morgan fingerprint density at radius 1 is 1.32 bits per heavy atom. The molecule has 0 aliphatic carbocycles. The number of nitrogens with zero attached hydrogens (tertiary/aromatic N) is 3. The Kier molecular flexibility index (Phi) is 3.32. The van der Waals surface area contributed by atoms with Crippen LogP contribution in [0.5, 0.6) is 0 Å². The van der Waals surface area contributed by atoms with E-state index < -0.39 is 40.3 Å². The van der Waals surface area contributed by atoms with E-state index in [1.54, 1.807) is 0 Å². The van der Waals surface area contributed by atoms with Crippen LogP contribution in [0.25, 0.3) is 0 Å². The molecule has 1 aromatic carbocycles. The minimum Gasteiger partial charge on any atom is -0.358 e. The summed E-state index contributed by atoms with van der Waals surface area (Å²) in [5, 5.41) is 13.9. The van der Waals surface area contributed by atoms with Gasteiger partial charge in [0.15, 0.2) is 5.78 Å². The lowest BCUT2D eigenvalue weighted by Gasteiger charge is -2.02. The van der Waals surface area contributed by atoms with Crippen molar-refractivity contribution in [3.05, 3.63) is 57.8 Å². The van der Waals surface area contributed by atoms with E-state index in [1.807, 2.05) is 0 Å². The number of halogens is 2. The molecule has 0 spiro atoms. The van der Waals surface area contributed by atoms with E-state index >= 15 is 0 Å². The third-order valence-corrected chi connectivity index (χ3v) is 2.36. The van der Waals surface area contributed by atoms with Crippen molar-refractivity contribution in [3.63, 3.8) is 0 Å². The van der Waals surface area contributed by atoms with Crippen molar-refractivity contribution in [3.8, 4) is 0 Å². The number of Topliss-reactive ketones (excluding diaryl/α,β-unsaturated/α-hetero) is 1. The summed E-state index contributed by atoms with van der Waals surface area (Å²) in [6.07, 6.45) is 1.19. The molecule has 19 heavy (non-hydrogen) atoms. The Labute approximate surface area is 105 Å². The van der Waals surface area contributed by atoms with E-state index in [2.05, 4.69) is 5.10 Å². The standard InChI is InChI=1S/C11H7F2N3O3/c12-7-2-1-3-8(13)11(7)9(17)6-15-5-4-10(14-15)16(18)19/h1-5H,6H2. The van der Waals surface area contributed by atoms with Gasteiger partial charge < -0.3 is 10.1 Å². The molecule has 0 aliphatic heterocycles. The number of carbonyl (C=O) groups excluding carboxylic acids is 1. The Morgan fingerprint density at radius 2 is 1.95 bits per heavy atom. The topological polar surface area (TPSA) is 78.0 Å². The number of carbonyl (C=O) groups is 1. The quantitative estimate of drug-likeness (QED) is 0.482. The van der Waals surface area contributed by atoms with Crippen molar-refractivity contribution in [1.82, 2.24) is 9.78 Å². The first-order chi connectivity index (χ1) is 8.99. The monoisotopic (exact) mass is 267 g/mol. The van der Waals surface area contributed by atoms with Gasteiger partial charge in [-0.1, -0.05) is 6.07 Å². The highest BCUT2D eigenvalue weighted by molar-refractivity contribution is 5.96. The fourth-order valence-electron chi connectivity index (χ4n) is 1.53. The molecule has 0 amide bonds. The molecule has 0 aliphatic rings. The van der Waals surface area contributed by atoms with Gasteiger partial charge in [-0.2, -0.15) is 4.68 Å². The molecule has 1 aromatic heterocycles. The van der Waals surface area contributed by atoms with Crippen molar-refractivity contribution in [2.75, 3.05) is 0 Å². The fourth-order valence-corrected chi connectivity index (χ4v) is 1.53. The lowest BCUT2D eigenvalue weighted by Crippen LogP contribution is -2.14. The Morgan fingerprint density at radius 3 is 2.47 bits per heavy atom. The summed E-state index contributed by atoms with van der Waals surface area (Å²) in [4.78, 5) is 21.4. The van der Waals surface area contributed by atoms with Crippen LogP contribution in [0.4, 0.5) is 14.6 Å². The van der Waals surface area contributed by atoms with Gasteiger partial charge in [0, 0.05) is 0 Å². The number of benzene rings is 1. The van der Waals surface area contributed by atoms with Crippen LogP contribution in [0.2, 0.25) is 0 Å². The van der Waals surface area contributed by atoms with E-state index in [-0.39, 0.29) is 0 Å². The third-order valence-electron chi connectivity index (χ3n) is 2.36. The van der Waals surface area contributed by atoms with Gasteiger partial charge in [-0.3, -0.25) is 4.79 Å². The SMILES string of the molecule is O=C(Cn1ccc([N+](=O)[O-])n1)c1c(F)cccc1F. The third kappa shape index (κ3) is 2.62. The second-order valence-corrected chi connectivity index (χ2v) is 3.65. The molecule has 0 saturated carbocycles. The zero-order valence-corrected chi connectivity index (χ0v) is 9.42. The van der Waals surface area contributed by atoms with Crippen LogP contribution in [0, 0.1) is 21.7 Å². The van der Waals surface area contributed by atoms with Crippen molar-refractivity contribution >= 4 is 11.6 Å². The Bertz CT molecular complexity index is 634. The molecule has 2 aromatic rings. The number of aromatic nitrogens is 2. The summed E-state index contributed by atoms with van der Waals surface area (Å²) >= 11 is 0. The highest BCUT2D eigenvalue weighted by Gasteiger charge is 2.20. The second-order valence-electron chi connectivity index (χ2n) is 3.65. The van der Waals surface area contributed by atoms with Crippen molar-refractivity contribution in [2.45, 2.75) is 6.54 Å². The predicted molar refractivity (Wildman–Crippen MR) is 59.6 cm³/mol. The van der Waals surface area contributed by atoms with E-state index in [9.17, 15) is 23.7 Å². The van der Waals surface area contributed by atoms with E-state index in [0.717, 1.165) is 28.9 Å². The molecule has 8 heteroatoms. The van der Waals surface area contributed by atoms with Crippen molar-refractivity contribution < 1.29 is 18.5 Å². The molecule has 2 rings (SSSR count). The van der Waals surface area contributed by atoms with Crippen LogP contribution in [-0.2, 0) is 6.54 Å².